The zero-order valence-corrected chi connectivity index (χ0v) is 16.6. The fourth-order valence-electron chi connectivity index (χ4n) is 3.99. The van der Waals surface area contributed by atoms with Gasteiger partial charge >= 0.3 is 0 Å². The van der Waals surface area contributed by atoms with Gasteiger partial charge in [-0.25, -0.2) is 4.98 Å². The first-order valence-corrected chi connectivity index (χ1v) is 10.2. The zero-order valence-electron chi connectivity index (χ0n) is 16.6. The van der Waals surface area contributed by atoms with Crippen molar-refractivity contribution in [2.45, 2.75) is 38.5 Å². The Kier molecular flexibility index (Phi) is 5.93. The highest BCUT2D eigenvalue weighted by Gasteiger charge is 2.30. The lowest BCUT2D eigenvalue weighted by Crippen LogP contribution is -2.42. The van der Waals surface area contributed by atoms with E-state index in [1.165, 1.54) is 0 Å². The molecule has 1 aliphatic rings. The predicted molar refractivity (Wildman–Crippen MR) is 108 cm³/mol. The lowest BCUT2D eigenvalue weighted by Gasteiger charge is -2.34. The third kappa shape index (κ3) is 4.50. The second kappa shape index (κ2) is 8.94. The van der Waals surface area contributed by atoms with E-state index in [0.717, 1.165) is 37.9 Å². The number of piperidine rings is 1. The summed E-state index contributed by atoms with van der Waals surface area (Å²) in [7, 11) is 0. The van der Waals surface area contributed by atoms with Crippen LogP contribution >= 0.6 is 0 Å². The number of carbonyl (C=O) groups excluding carboxylic acids is 1. The summed E-state index contributed by atoms with van der Waals surface area (Å²) < 4.78 is 5.42. The summed E-state index contributed by atoms with van der Waals surface area (Å²) in [5, 5.41) is 4.02. The summed E-state index contributed by atoms with van der Waals surface area (Å²) >= 11 is 0. The number of benzene rings is 1. The summed E-state index contributed by atoms with van der Waals surface area (Å²) in [6, 6.07) is 10.1. The second-order valence-electron chi connectivity index (χ2n) is 7.47. The molecule has 1 saturated heterocycles. The van der Waals surface area contributed by atoms with Crippen LogP contribution in [0.25, 0.3) is 11.5 Å². The van der Waals surface area contributed by atoms with Crippen molar-refractivity contribution in [2.75, 3.05) is 13.1 Å². The predicted octanol–water partition coefficient (Wildman–Crippen LogP) is 3.50. The molecular formula is C22H25N5O2. The third-order valence-corrected chi connectivity index (χ3v) is 5.46. The number of hydrogen-bond acceptors (Lipinski definition) is 6. The van der Waals surface area contributed by atoms with Crippen LogP contribution in [0.1, 0.15) is 43.6 Å². The first-order chi connectivity index (χ1) is 14.2. The van der Waals surface area contributed by atoms with Crippen molar-refractivity contribution >= 4 is 5.91 Å². The highest BCUT2D eigenvalue weighted by molar-refractivity contribution is 5.83. The minimum Gasteiger partial charge on any atom is -0.342 e. The quantitative estimate of drug-likeness (QED) is 0.639. The Labute approximate surface area is 170 Å². The largest absolute Gasteiger partial charge is 0.342 e. The van der Waals surface area contributed by atoms with Crippen molar-refractivity contribution in [3.8, 4) is 11.5 Å². The molecule has 1 aliphatic heterocycles. The van der Waals surface area contributed by atoms with Crippen LogP contribution in [-0.4, -0.2) is 44.0 Å². The van der Waals surface area contributed by atoms with Crippen LogP contribution in [0.3, 0.4) is 0 Å². The number of aromatic nitrogens is 4. The van der Waals surface area contributed by atoms with Crippen LogP contribution in [-0.2, 0) is 11.2 Å². The van der Waals surface area contributed by atoms with Gasteiger partial charge in [-0.15, -0.1) is 0 Å². The van der Waals surface area contributed by atoms with Crippen molar-refractivity contribution in [2.24, 2.45) is 5.92 Å². The summed E-state index contributed by atoms with van der Waals surface area (Å²) in [5.74, 6) is 1.49. The van der Waals surface area contributed by atoms with Crippen LogP contribution in [0, 0.1) is 5.92 Å². The van der Waals surface area contributed by atoms with Crippen molar-refractivity contribution in [1.82, 2.24) is 25.0 Å². The third-order valence-electron chi connectivity index (χ3n) is 5.46. The van der Waals surface area contributed by atoms with Crippen LogP contribution in [0.2, 0.25) is 0 Å². The average molecular weight is 391 g/mol. The molecule has 3 heterocycles. The van der Waals surface area contributed by atoms with Crippen molar-refractivity contribution < 1.29 is 9.32 Å². The number of hydrogen-bond donors (Lipinski definition) is 0. The van der Waals surface area contributed by atoms with Gasteiger partial charge in [-0.05, 0) is 30.7 Å². The molecule has 1 fully saturated rings. The SMILES string of the molecule is CCC(C(=O)N1CCCC(Cc2nc(-c3cnccn3)no2)C1)c1ccccc1. The van der Waals surface area contributed by atoms with Gasteiger partial charge in [0.15, 0.2) is 0 Å². The van der Waals surface area contributed by atoms with E-state index in [-0.39, 0.29) is 11.8 Å². The standard InChI is InChI=1S/C22H25N5O2/c1-2-18(17-8-4-3-5-9-17)22(28)27-12-6-7-16(15-27)13-20-25-21(26-29-20)19-14-23-10-11-24-19/h3-5,8-11,14,16,18H,2,6-7,12-13,15H2,1H3. The molecule has 0 bridgehead atoms. The van der Waals surface area contributed by atoms with Crippen LogP contribution in [0.15, 0.2) is 53.4 Å². The summed E-state index contributed by atoms with van der Waals surface area (Å²) in [6.07, 6.45) is 8.34. The maximum Gasteiger partial charge on any atom is 0.230 e. The van der Waals surface area contributed by atoms with E-state index in [0.29, 0.717) is 29.7 Å². The topological polar surface area (TPSA) is 85.0 Å². The molecule has 7 heteroatoms. The van der Waals surface area contributed by atoms with Gasteiger partial charge in [0.1, 0.15) is 5.69 Å². The molecule has 2 atom stereocenters. The normalized spacial score (nSPS) is 17.8. The van der Waals surface area contributed by atoms with E-state index >= 15 is 0 Å². The Hall–Kier alpha value is -3.09. The molecule has 2 aromatic heterocycles. The minimum atomic E-state index is -0.0818. The molecule has 150 valence electrons. The molecule has 0 saturated carbocycles. The number of carbonyl (C=O) groups is 1. The van der Waals surface area contributed by atoms with Gasteiger partial charge in [-0.3, -0.25) is 9.78 Å². The number of amides is 1. The van der Waals surface area contributed by atoms with Gasteiger partial charge in [0.25, 0.3) is 0 Å². The molecular weight excluding hydrogens is 366 g/mol. The maximum atomic E-state index is 13.2. The molecule has 0 aliphatic carbocycles. The molecule has 2 unspecified atom stereocenters. The van der Waals surface area contributed by atoms with E-state index in [1.807, 2.05) is 35.2 Å². The molecule has 7 nitrogen and oxygen atoms in total. The number of nitrogens with zero attached hydrogens (tertiary/aromatic N) is 5. The highest BCUT2D eigenvalue weighted by Crippen LogP contribution is 2.27. The van der Waals surface area contributed by atoms with Crippen molar-refractivity contribution in [3.63, 3.8) is 0 Å². The first-order valence-electron chi connectivity index (χ1n) is 10.2. The highest BCUT2D eigenvalue weighted by atomic mass is 16.5. The Morgan fingerprint density at radius 1 is 1.28 bits per heavy atom. The molecule has 1 aromatic carbocycles. The van der Waals surface area contributed by atoms with Gasteiger partial charge in [0, 0.05) is 31.9 Å². The van der Waals surface area contributed by atoms with Crippen molar-refractivity contribution in [1.29, 1.82) is 0 Å². The Morgan fingerprint density at radius 3 is 2.90 bits per heavy atom. The van der Waals surface area contributed by atoms with Gasteiger partial charge < -0.3 is 9.42 Å². The fourth-order valence-corrected chi connectivity index (χ4v) is 3.99. The van der Waals surface area contributed by atoms with E-state index in [9.17, 15) is 4.79 Å². The fraction of sp³-hybridized carbons (Fsp3) is 0.409. The monoisotopic (exact) mass is 391 g/mol. The molecule has 3 aromatic rings. The first kappa shape index (κ1) is 19.2. The van der Waals surface area contributed by atoms with E-state index in [2.05, 4.69) is 27.0 Å². The summed E-state index contributed by atoms with van der Waals surface area (Å²) in [6.45, 7) is 3.61. The zero-order chi connectivity index (χ0) is 20.1. The van der Waals surface area contributed by atoms with E-state index in [4.69, 9.17) is 4.52 Å². The van der Waals surface area contributed by atoms with Crippen molar-refractivity contribution in [3.05, 3.63) is 60.4 Å². The van der Waals surface area contributed by atoms with Crippen LogP contribution in [0.4, 0.5) is 0 Å². The van der Waals surface area contributed by atoms with Crippen LogP contribution < -0.4 is 0 Å². The lowest BCUT2D eigenvalue weighted by atomic mass is 9.91. The van der Waals surface area contributed by atoms with Gasteiger partial charge in [0.05, 0.1) is 12.1 Å². The Morgan fingerprint density at radius 2 is 2.14 bits per heavy atom. The molecule has 0 spiro atoms. The Bertz CT molecular complexity index is 929. The molecule has 29 heavy (non-hydrogen) atoms. The lowest BCUT2D eigenvalue weighted by molar-refractivity contribution is -0.134. The maximum absolute atomic E-state index is 13.2. The average Bonchev–Trinajstić information content (AvgIpc) is 3.24. The smallest absolute Gasteiger partial charge is 0.230 e. The van der Waals surface area contributed by atoms with Gasteiger partial charge in [-0.1, -0.05) is 42.4 Å². The number of likely N-dealkylation sites (tertiary alicyclic amines) is 1. The van der Waals surface area contributed by atoms with E-state index < -0.39 is 0 Å². The second-order valence-corrected chi connectivity index (χ2v) is 7.47. The van der Waals surface area contributed by atoms with Gasteiger partial charge in [-0.2, -0.15) is 4.98 Å². The van der Waals surface area contributed by atoms with Gasteiger partial charge in [0.2, 0.25) is 17.6 Å². The molecule has 0 radical (unpaired) electrons. The summed E-state index contributed by atoms with van der Waals surface area (Å²) in [4.78, 5) is 27.9. The molecule has 1 amide bonds. The molecule has 4 rings (SSSR count). The minimum absolute atomic E-state index is 0.0818. The summed E-state index contributed by atoms with van der Waals surface area (Å²) in [5.41, 5.74) is 1.68. The Balaban J connectivity index is 1.41. The van der Waals surface area contributed by atoms with E-state index in [1.54, 1.807) is 18.6 Å². The van der Waals surface area contributed by atoms with Crippen LogP contribution in [0.5, 0.6) is 0 Å². The number of rotatable bonds is 6. The molecule has 0 N–H and O–H groups in total.